The summed E-state index contributed by atoms with van der Waals surface area (Å²) in [5.74, 6) is -0.594. The fraction of sp³-hybridized carbons (Fsp3) is 0.825. The van der Waals surface area contributed by atoms with Crippen molar-refractivity contribution in [1.29, 1.82) is 0 Å². The van der Waals surface area contributed by atoms with Gasteiger partial charge in [-0.3, -0.25) is 14.4 Å². The van der Waals surface area contributed by atoms with Gasteiger partial charge in [0.2, 0.25) is 12.1 Å². The molecule has 11 heteroatoms. The van der Waals surface area contributed by atoms with Gasteiger partial charge in [0, 0.05) is 32.1 Å². The number of Topliss-reactive ketones (excluding diaryl/α,β-unsaturated/α-hetero) is 2. The van der Waals surface area contributed by atoms with Gasteiger partial charge in [0.15, 0.2) is 12.1 Å². The second-order valence-electron chi connectivity index (χ2n) is 16.1. The number of hydrogen-bond donors (Lipinski definition) is 0. The number of allylic oxidation sites excluding steroid dienone is 4. The normalized spacial score (nSPS) is 45.0. The molecule has 51 heavy (non-hydrogen) atoms. The Morgan fingerprint density at radius 1 is 0.882 bits per heavy atom. The molecule has 0 aromatic rings. The first-order chi connectivity index (χ1) is 24.4. The van der Waals surface area contributed by atoms with Crippen molar-refractivity contribution in [2.24, 2.45) is 35.5 Å². The van der Waals surface area contributed by atoms with E-state index in [9.17, 15) is 14.4 Å². The van der Waals surface area contributed by atoms with Gasteiger partial charge in [0.05, 0.1) is 30.8 Å². The molecule has 286 valence electrons. The van der Waals surface area contributed by atoms with Crippen LogP contribution in [0.4, 0.5) is 0 Å². The maximum absolute atomic E-state index is 14.6. The van der Waals surface area contributed by atoms with Gasteiger partial charge in [-0.2, -0.15) is 0 Å². The van der Waals surface area contributed by atoms with Crippen LogP contribution >= 0.6 is 0 Å². The van der Waals surface area contributed by atoms with Gasteiger partial charge in [-0.05, 0) is 109 Å². The van der Waals surface area contributed by atoms with Crippen LogP contribution in [0.1, 0.15) is 85.5 Å². The lowest BCUT2D eigenvalue weighted by molar-refractivity contribution is -0.247. The Kier molecular flexibility index (Phi) is 12.6. The molecule has 1 saturated carbocycles. The molecule has 0 aromatic heterocycles. The Morgan fingerprint density at radius 2 is 1.67 bits per heavy atom. The molecular formula is C40H61NO10. The first-order valence-electron chi connectivity index (χ1n) is 19.4. The molecule has 3 saturated heterocycles. The molecule has 16 atom stereocenters. The molecule has 0 N–H and O–H groups in total. The molecule has 0 radical (unpaired) electrons. The first kappa shape index (κ1) is 38.7. The molecule has 4 fully saturated rings. The van der Waals surface area contributed by atoms with E-state index in [1.165, 1.54) is 7.11 Å². The third kappa shape index (κ3) is 8.10. The smallest absolute Gasteiger partial charge is 0.306 e. The van der Waals surface area contributed by atoms with Gasteiger partial charge >= 0.3 is 5.97 Å². The molecule has 6 rings (SSSR count). The number of ketones is 2. The summed E-state index contributed by atoms with van der Waals surface area (Å²) >= 11 is 0. The second kappa shape index (κ2) is 16.6. The minimum atomic E-state index is -1.02. The maximum atomic E-state index is 14.6. The molecule has 6 aliphatic rings. The highest BCUT2D eigenvalue weighted by molar-refractivity contribution is 5.99. The second-order valence-corrected chi connectivity index (χ2v) is 16.1. The quantitative estimate of drug-likeness (QED) is 0.249. The molecular weight excluding hydrogens is 654 g/mol. The summed E-state index contributed by atoms with van der Waals surface area (Å²) in [5.41, 5.74) is 0.727. The molecule has 3 aliphatic carbocycles. The Hall–Kier alpha value is -1.99. The highest BCUT2D eigenvalue weighted by Crippen LogP contribution is 2.54. The van der Waals surface area contributed by atoms with Gasteiger partial charge < -0.3 is 38.1 Å². The highest BCUT2D eigenvalue weighted by atomic mass is 16.7. The van der Waals surface area contributed by atoms with Crippen LogP contribution in [0.3, 0.4) is 0 Å². The Labute approximate surface area is 304 Å². The summed E-state index contributed by atoms with van der Waals surface area (Å²) in [6.07, 6.45) is 9.34. The Bertz CT molecular complexity index is 1320. The lowest BCUT2D eigenvalue weighted by atomic mass is 9.70. The van der Waals surface area contributed by atoms with Crippen LogP contribution in [-0.4, -0.2) is 112 Å². The Morgan fingerprint density at radius 3 is 2.35 bits per heavy atom. The average molecular weight is 716 g/mol. The molecule has 0 unspecified atom stereocenters. The molecule has 0 bridgehead atoms. The van der Waals surface area contributed by atoms with E-state index in [2.05, 4.69) is 51.1 Å². The average Bonchev–Trinajstić information content (AvgIpc) is 3.68. The zero-order chi connectivity index (χ0) is 36.6. The number of rotatable bonds is 8. The van der Waals surface area contributed by atoms with Crippen LogP contribution in [0.15, 0.2) is 23.8 Å². The summed E-state index contributed by atoms with van der Waals surface area (Å²) in [7, 11) is 7.21. The number of hydrogen-bond acceptors (Lipinski definition) is 11. The van der Waals surface area contributed by atoms with Gasteiger partial charge in [-0.15, -0.1) is 0 Å². The van der Waals surface area contributed by atoms with Crippen LogP contribution in [0.25, 0.3) is 0 Å². The van der Waals surface area contributed by atoms with Gasteiger partial charge in [0.25, 0.3) is 0 Å². The molecule has 0 aromatic carbocycles. The number of esters is 1. The number of likely N-dealkylation sites (N-methyl/N-ethyl adjacent to an activating group) is 1. The molecule has 0 amide bonds. The minimum absolute atomic E-state index is 0.00416. The van der Waals surface area contributed by atoms with Crippen molar-refractivity contribution in [3.8, 4) is 0 Å². The van der Waals surface area contributed by atoms with E-state index in [1.807, 2.05) is 13.8 Å². The van der Waals surface area contributed by atoms with Crippen LogP contribution in [0, 0.1) is 35.5 Å². The van der Waals surface area contributed by atoms with E-state index in [1.54, 1.807) is 7.11 Å². The lowest BCUT2D eigenvalue weighted by Crippen LogP contribution is -2.56. The van der Waals surface area contributed by atoms with Crippen molar-refractivity contribution in [3.63, 3.8) is 0 Å². The Balaban J connectivity index is 1.20. The van der Waals surface area contributed by atoms with Gasteiger partial charge in [0.1, 0.15) is 18.3 Å². The minimum Gasteiger partial charge on any atom is -0.462 e. The third-order valence-corrected chi connectivity index (χ3v) is 12.8. The fourth-order valence-electron chi connectivity index (χ4n) is 10.0. The number of methoxy groups -OCH3 is 2. The molecule has 11 nitrogen and oxygen atoms in total. The third-order valence-electron chi connectivity index (χ3n) is 12.8. The molecule has 0 spiro atoms. The van der Waals surface area contributed by atoms with E-state index in [4.69, 9.17) is 33.2 Å². The van der Waals surface area contributed by atoms with E-state index in [0.29, 0.717) is 12.5 Å². The monoisotopic (exact) mass is 715 g/mol. The highest BCUT2D eigenvalue weighted by Gasteiger charge is 2.52. The molecule has 3 aliphatic heterocycles. The van der Waals surface area contributed by atoms with Crippen LogP contribution in [0.5, 0.6) is 0 Å². The summed E-state index contributed by atoms with van der Waals surface area (Å²) < 4.78 is 42.5. The van der Waals surface area contributed by atoms with Gasteiger partial charge in [-0.1, -0.05) is 32.1 Å². The van der Waals surface area contributed by atoms with E-state index in [0.717, 1.165) is 50.5 Å². The number of fused-ring (bicyclic) bond motifs is 5. The summed E-state index contributed by atoms with van der Waals surface area (Å²) in [4.78, 5) is 43.5. The SMILES string of the molecule is CC[C@H]1CCC[C@H](O[C@H]2CC[C@H](N(C)C)[C@@H](C)O2)[C@@H](C)C(=O)C2=C[C@@H]3[C@@H](C=C[C@@H]4C[C@@H](O[C@@H]5O[C@@H](C)[C@H](OC)[C@@H](OC)C5=O)C[C@@H]34)[C@@H]2CC(=O)O1. The predicted octanol–water partition coefficient (Wildman–Crippen LogP) is 5.04. The van der Waals surface area contributed by atoms with Crippen molar-refractivity contribution < 1.29 is 47.5 Å². The van der Waals surface area contributed by atoms with Crippen molar-refractivity contribution in [1.82, 2.24) is 4.90 Å². The van der Waals surface area contributed by atoms with Crippen molar-refractivity contribution in [2.75, 3.05) is 28.3 Å². The topological polar surface area (TPSA) is 119 Å². The van der Waals surface area contributed by atoms with Crippen molar-refractivity contribution in [2.45, 2.75) is 147 Å². The fourth-order valence-corrected chi connectivity index (χ4v) is 10.0. The number of carbonyl (C=O) groups excluding carboxylic acids is 3. The van der Waals surface area contributed by atoms with E-state index >= 15 is 0 Å². The number of carbonyl (C=O) groups is 3. The van der Waals surface area contributed by atoms with Crippen LogP contribution < -0.4 is 0 Å². The first-order valence-corrected chi connectivity index (χ1v) is 19.4. The van der Waals surface area contributed by atoms with Crippen molar-refractivity contribution in [3.05, 3.63) is 23.8 Å². The predicted molar refractivity (Wildman–Crippen MR) is 188 cm³/mol. The zero-order valence-electron chi connectivity index (χ0n) is 31.9. The van der Waals surface area contributed by atoms with Crippen LogP contribution in [-0.2, 0) is 47.5 Å². The van der Waals surface area contributed by atoms with E-state index < -0.39 is 18.5 Å². The van der Waals surface area contributed by atoms with Gasteiger partial charge in [-0.25, -0.2) is 0 Å². The number of nitrogens with zero attached hydrogens (tertiary/aromatic N) is 1. The van der Waals surface area contributed by atoms with Crippen molar-refractivity contribution >= 4 is 17.5 Å². The van der Waals surface area contributed by atoms with E-state index in [-0.39, 0.29) is 96.3 Å². The zero-order valence-corrected chi connectivity index (χ0v) is 31.9. The number of cyclic esters (lactones) is 1. The van der Waals surface area contributed by atoms with Crippen LogP contribution in [0.2, 0.25) is 0 Å². The largest absolute Gasteiger partial charge is 0.462 e. The lowest BCUT2D eigenvalue weighted by Gasteiger charge is -2.40. The summed E-state index contributed by atoms with van der Waals surface area (Å²) in [6.45, 7) is 8.00. The maximum Gasteiger partial charge on any atom is 0.306 e. The summed E-state index contributed by atoms with van der Waals surface area (Å²) in [6, 6.07) is 0.329. The molecule has 3 heterocycles. The standard InChI is InChI=1S/C40H61NO10/c1-9-25-11-10-12-33(51-35-16-15-32(41(5)6)22(3)47-35)21(2)36(43)31-19-29-27(30(31)20-34(42)49-25)14-13-24-17-26(18-28(24)29)50-40-37(44)39(46-8)38(45-7)23(4)48-40/h13-14,19,21-30,32-33,35,38-40H,9-12,15-18,20H2,1-8H3/t21-,22-,23+,24-,25+,26-,27-,28-,29-,30+,32+,33+,35+,38+,39+,40+/m1/s1. The number of ether oxygens (including phenoxy) is 7. The summed E-state index contributed by atoms with van der Waals surface area (Å²) in [5, 5.41) is 0.